The first-order valence-corrected chi connectivity index (χ1v) is 13.6. The first-order valence-electron chi connectivity index (χ1n) is 12.0. The van der Waals surface area contributed by atoms with Gasteiger partial charge in [-0.2, -0.15) is 10.2 Å². The topological polar surface area (TPSA) is 73.1 Å². The van der Waals surface area contributed by atoms with Crippen molar-refractivity contribution in [2.75, 3.05) is 13.7 Å². The largest absolute Gasteiger partial charge is 0.497 e. The zero-order valence-electron chi connectivity index (χ0n) is 20.8. The zero-order chi connectivity index (χ0) is 26.2. The Balaban J connectivity index is 1.29. The lowest BCUT2D eigenvalue weighted by Gasteiger charge is -2.04. The first kappa shape index (κ1) is 26.6. The van der Waals surface area contributed by atoms with E-state index in [0.717, 1.165) is 47.4 Å². The van der Waals surface area contributed by atoms with E-state index in [1.54, 1.807) is 61.8 Å². The SMILES string of the molecule is C=C(C)C(=O)OCCCCCCc1cc2sc(-c3ccc(N=Nc4ccc(OC)cc4)cc3F)nc2s1. The Hall–Kier alpha value is -3.43. The van der Waals surface area contributed by atoms with Gasteiger partial charge in [0, 0.05) is 22.1 Å². The van der Waals surface area contributed by atoms with Crippen LogP contribution in [0.3, 0.4) is 0 Å². The summed E-state index contributed by atoms with van der Waals surface area (Å²) >= 11 is 3.16. The molecule has 0 unspecified atom stereocenters. The highest BCUT2D eigenvalue weighted by atomic mass is 32.1. The predicted octanol–water partition coefficient (Wildman–Crippen LogP) is 8.81. The monoisotopic (exact) mass is 537 g/mol. The van der Waals surface area contributed by atoms with Gasteiger partial charge in [0.1, 0.15) is 21.4 Å². The van der Waals surface area contributed by atoms with Crippen molar-refractivity contribution in [2.45, 2.75) is 39.0 Å². The number of rotatable bonds is 12. The molecule has 0 N–H and O–H groups in total. The van der Waals surface area contributed by atoms with Gasteiger partial charge >= 0.3 is 5.97 Å². The summed E-state index contributed by atoms with van der Waals surface area (Å²) in [4.78, 5) is 18.3. The number of thiazole rings is 1. The number of halogens is 1. The molecule has 0 spiro atoms. The molecule has 2 aromatic carbocycles. The second-order valence-electron chi connectivity index (χ2n) is 8.54. The number of unbranched alkanes of at least 4 members (excludes halogenated alkanes) is 3. The van der Waals surface area contributed by atoms with E-state index in [4.69, 9.17) is 9.47 Å². The minimum Gasteiger partial charge on any atom is -0.497 e. The lowest BCUT2D eigenvalue weighted by atomic mass is 10.1. The normalized spacial score (nSPS) is 11.3. The van der Waals surface area contributed by atoms with Crippen molar-refractivity contribution in [2.24, 2.45) is 10.2 Å². The van der Waals surface area contributed by atoms with Crippen LogP contribution in [-0.4, -0.2) is 24.7 Å². The van der Waals surface area contributed by atoms with Gasteiger partial charge in [0.25, 0.3) is 0 Å². The number of hydrogen-bond donors (Lipinski definition) is 0. The van der Waals surface area contributed by atoms with Crippen LogP contribution in [0, 0.1) is 5.82 Å². The Morgan fingerprint density at radius 2 is 1.73 bits per heavy atom. The van der Waals surface area contributed by atoms with Gasteiger partial charge in [-0.1, -0.05) is 19.4 Å². The molecule has 0 saturated carbocycles. The fourth-order valence-electron chi connectivity index (χ4n) is 3.57. The van der Waals surface area contributed by atoms with E-state index in [-0.39, 0.29) is 11.8 Å². The third kappa shape index (κ3) is 7.30. The van der Waals surface area contributed by atoms with Crippen LogP contribution in [-0.2, 0) is 16.0 Å². The maximum Gasteiger partial charge on any atom is 0.333 e. The van der Waals surface area contributed by atoms with E-state index in [1.165, 1.54) is 22.3 Å². The van der Waals surface area contributed by atoms with E-state index in [2.05, 4.69) is 27.9 Å². The summed E-state index contributed by atoms with van der Waals surface area (Å²) in [6, 6.07) is 14.1. The molecule has 0 amide bonds. The molecule has 9 heteroatoms. The van der Waals surface area contributed by atoms with Crippen LogP contribution in [0.5, 0.6) is 5.75 Å². The fourth-order valence-corrected chi connectivity index (χ4v) is 5.87. The van der Waals surface area contributed by atoms with Crippen LogP contribution < -0.4 is 4.74 Å². The molecule has 6 nitrogen and oxygen atoms in total. The van der Waals surface area contributed by atoms with Gasteiger partial charge in [0.15, 0.2) is 0 Å². The van der Waals surface area contributed by atoms with E-state index >= 15 is 0 Å². The maximum atomic E-state index is 14.9. The number of aryl methyl sites for hydroxylation is 1. The van der Waals surface area contributed by atoms with Crippen molar-refractivity contribution in [3.63, 3.8) is 0 Å². The third-order valence-electron chi connectivity index (χ3n) is 5.58. The van der Waals surface area contributed by atoms with Gasteiger partial charge in [-0.3, -0.25) is 0 Å². The van der Waals surface area contributed by atoms with Crippen LogP contribution in [0.25, 0.3) is 20.1 Å². The lowest BCUT2D eigenvalue weighted by molar-refractivity contribution is -0.139. The van der Waals surface area contributed by atoms with Gasteiger partial charge in [0.05, 0.1) is 29.8 Å². The molecule has 0 saturated heterocycles. The first-order chi connectivity index (χ1) is 17.9. The van der Waals surface area contributed by atoms with Crippen molar-refractivity contribution >= 4 is 49.5 Å². The van der Waals surface area contributed by atoms with Gasteiger partial charge in [-0.15, -0.1) is 22.7 Å². The molecule has 0 fully saturated rings. The number of aromatic nitrogens is 1. The number of ether oxygens (including phenoxy) is 2. The average molecular weight is 538 g/mol. The van der Waals surface area contributed by atoms with Crippen molar-refractivity contribution in [1.82, 2.24) is 4.98 Å². The molecule has 2 aromatic heterocycles. The Morgan fingerprint density at radius 1 is 1.00 bits per heavy atom. The Kier molecular flexibility index (Phi) is 9.14. The van der Waals surface area contributed by atoms with E-state index in [1.807, 2.05) is 0 Å². The van der Waals surface area contributed by atoms with Crippen LogP contribution in [0.4, 0.5) is 15.8 Å². The molecule has 0 radical (unpaired) electrons. The number of fused-ring (bicyclic) bond motifs is 1. The molecule has 0 aliphatic carbocycles. The number of hydrogen-bond acceptors (Lipinski definition) is 8. The summed E-state index contributed by atoms with van der Waals surface area (Å²) in [7, 11) is 1.60. The van der Waals surface area contributed by atoms with Crippen molar-refractivity contribution in [3.8, 4) is 16.3 Å². The van der Waals surface area contributed by atoms with Crippen molar-refractivity contribution in [3.05, 3.63) is 71.4 Å². The number of azo groups is 1. The number of carbonyl (C=O) groups excluding carboxylic acids is 1. The molecule has 4 rings (SSSR count). The fraction of sp³-hybridized carbons (Fsp3) is 0.286. The number of benzene rings is 2. The number of thiophene rings is 1. The number of esters is 1. The molecule has 0 aliphatic heterocycles. The van der Waals surface area contributed by atoms with Gasteiger partial charge in [0.2, 0.25) is 0 Å². The average Bonchev–Trinajstić information content (AvgIpc) is 3.46. The van der Waals surface area contributed by atoms with Crippen molar-refractivity contribution < 1.29 is 18.7 Å². The smallest absolute Gasteiger partial charge is 0.333 e. The summed E-state index contributed by atoms with van der Waals surface area (Å²) in [5.41, 5.74) is 1.99. The molecule has 37 heavy (non-hydrogen) atoms. The lowest BCUT2D eigenvalue weighted by Crippen LogP contribution is -2.06. The highest BCUT2D eigenvalue weighted by Crippen LogP contribution is 2.37. The Labute approximate surface area is 223 Å². The Bertz CT molecular complexity index is 1380. The third-order valence-corrected chi connectivity index (χ3v) is 7.83. The van der Waals surface area contributed by atoms with Crippen LogP contribution in [0.2, 0.25) is 0 Å². The Morgan fingerprint density at radius 3 is 2.43 bits per heavy atom. The number of nitrogens with zero attached hydrogens (tertiary/aromatic N) is 3. The molecule has 0 bridgehead atoms. The second kappa shape index (κ2) is 12.7. The number of carbonyl (C=O) groups is 1. The standard InChI is InChI=1S/C28H28FN3O3S2/c1-18(2)28(33)35-15-7-5-4-6-8-22-17-25-27(36-22)30-26(37-25)23-14-11-20(16-24(23)29)32-31-19-9-12-21(34-3)13-10-19/h9-14,16-17H,1,4-8,15H2,2-3H3. The van der Waals surface area contributed by atoms with Crippen LogP contribution in [0.15, 0.2) is 70.9 Å². The van der Waals surface area contributed by atoms with Crippen molar-refractivity contribution in [1.29, 1.82) is 0 Å². The highest BCUT2D eigenvalue weighted by molar-refractivity contribution is 7.28. The van der Waals surface area contributed by atoms with Gasteiger partial charge in [-0.25, -0.2) is 14.2 Å². The summed E-state index contributed by atoms with van der Waals surface area (Å²) in [6.07, 6.45) is 4.99. The molecular formula is C28H28FN3O3S2. The molecule has 0 atom stereocenters. The quantitative estimate of drug-likeness (QED) is 0.0783. The van der Waals surface area contributed by atoms with E-state index in [0.29, 0.717) is 34.1 Å². The second-order valence-corrected chi connectivity index (χ2v) is 10.7. The van der Waals surface area contributed by atoms with Crippen LogP contribution in [0.1, 0.15) is 37.5 Å². The zero-order valence-corrected chi connectivity index (χ0v) is 22.5. The maximum absolute atomic E-state index is 14.9. The minimum atomic E-state index is -0.373. The molecule has 2 heterocycles. The summed E-state index contributed by atoms with van der Waals surface area (Å²) < 4.78 is 26.2. The summed E-state index contributed by atoms with van der Waals surface area (Å²) in [5, 5.41) is 8.96. The predicted molar refractivity (Wildman–Crippen MR) is 148 cm³/mol. The molecular weight excluding hydrogens is 509 g/mol. The molecule has 0 aliphatic rings. The number of methoxy groups -OCH3 is 1. The summed E-state index contributed by atoms with van der Waals surface area (Å²) in [5.74, 6) is 0.0406. The molecule has 192 valence electrons. The molecule has 4 aromatic rings. The van der Waals surface area contributed by atoms with Crippen LogP contribution >= 0.6 is 22.7 Å². The van der Waals surface area contributed by atoms with Gasteiger partial charge < -0.3 is 9.47 Å². The minimum absolute atomic E-state index is 0.323. The van der Waals surface area contributed by atoms with E-state index < -0.39 is 0 Å². The summed E-state index contributed by atoms with van der Waals surface area (Å²) in [6.45, 7) is 5.67. The highest BCUT2D eigenvalue weighted by Gasteiger charge is 2.14. The van der Waals surface area contributed by atoms with E-state index in [9.17, 15) is 9.18 Å². The van der Waals surface area contributed by atoms with Gasteiger partial charge in [-0.05, 0) is 68.7 Å².